The van der Waals surface area contributed by atoms with Crippen molar-refractivity contribution in [2.45, 2.75) is 45.6 Å². The van der Waals surface area contributed by atoms with Crippen molar-refractivity contribution in [3.8, 4) is 5.75 Å². The van der Waals surface area contributed by atoms with Crippen LogP contribution >= 0.6 is 24.8 Å². The first-order valence-electron chi connectivity index (χ1n) is 6.77. The van der Waals surface area contributed by atoms with Gasteiger partial charge in [0.1, 0.15) is 0 Å². The summed E-state index contributed by atoms with van der Waals surface area (Å²) in [7, 11) is 0. The Hall–Kier alpha value is -0.206. The van der Waals surface area contributed by atoms with Gasteiger partial charge in [0.15, 0.2) is 0 Å². The normalized spacial score (nSPS) is 15.2. The number of para-hydroxylation sites is 1. The van der Waals surface area contributed by atoms with Gasteiger partial charge < -0.3 is 0 Å². The monoisotopic (exact) mass is 361 g/mol. The Bertz CT molecular complexity index is 530. The molecular weight excluding hydrogens is 339 g/mol. The van der Waals surface area contributed by atoms with Crippen LogP contribution in [0.4, 0.5) is 0 Å². The molecule has 0 heterocycles. The molecule has 1 aliphatic carbocycles. The number of benzene rings is 1. The number of hydrogen-bond acceptors (Lipinski definition) is 1. The second kappa shape index (κ2) is 8.43. The van der Waals surface area contributed by atoms with E-state index in [4.69, 9.17) is 4.74 Å². The summed E-state index contributed by atoms with van der Waals surface area (Å²) >= 11 is 2.22. The van der Waals surface area contributed by atoms with Gasteiger partial charge in [-0.3, -0.25) is 0 Å². The molecule has 21 heavy (non-hydrogen) atoms. The minimum Gasteiger partial charge on any atom is -0.147 e. The topological polar surface area (TPSA) is 9.23 Å². The largest absolute Gasteiger partial charge is 0.147 e. The Balaban J connectivity index is 0.00000200. The molecule has 1 aliphatic rings. The zero-order valence-electron chi connectivity index (χ0n) is 13.0. The van der Waals surface area contributed by atoms with Crippen LogP contribution in [0.1, 0.15) is 45.6 Å². The summed E-state index contributed by atoms with van der Waals surface area (Å²) in [6, 6.07) is 8.39. The maximum atomic E-state index is 6.10. The van der Waals surface area contributed by atoms with Crippen molar-refractivity contribution < 1.29 is 25.2 Å². The van der Waals surface area contributed by atoms with Gasteiger partial charge in [0.05, 0.1) is 0 Å². The van der Waals surface area contributed by atoms with Crippen molar-refractivity contribution in [3.63, 3.8) is 0 Å². The minimum absolute atomic E-state index is 0. The number of rotatable bonds is 3. The summed E-state index contributed by atoms with van der Waals surface area (Å²) in [5.74, 6) is 1.39. The quantitative estimate of drug-likeness (QED) is 0.639. The molecule has 0 spiro atoms. The standard InChI is InChI=1S/C17H21O.2ClH.Ti/c1-13(14-9-5-6-10-14)15-11-7-8-12-16(15)18-17(2,3)4;;;/h5,7-9,11-13H,6H2,1-4H3;2*1H;. The van der Waals surface area contributed by atoms with E-state index in [1.807, 2.05) is 6.07 Å². The first kappa shape index (κ1) is 20.8. The third-order valence-electron chi connectivity index (χ3n) is 3.24. The van der Waals surface area contributed by atoms with Crippen LogP contribution in [0.15, 0.2) is 45.9 Å². The van der Waals surface area contributed by atoms with Gasteiger partial charge in [-0.25, -0.2) is 0 Å². The second-order valence-corrected chi connectivity index (χ2v) is 6.96. The Labute approximate surface area is 152 Å². The molecule has 0 radical (unpaired) electrons. The molecule has 0 aliphatic heterocycles. The van der Waals surface area contributed by atoms with Gasteiger partial charge in [-0.15, -0.1) is 24.8 Å². The molecule has 1 unspecified atom stereocenters. The SMILES string of the molecule is CC(C1=[C]([Ti])CC=C1)c1ccccc1OC(C)(C)C.Cl.Cl. The molecule has 0 saturated carbocycles. The minimum atomic E-state index is -0.162. The third kappa shape index (κ3) is 5.49. The van der Waals surface area contributed by atoms with Gasteiger partial charge in [0.25, 0.3) is 0 Å². The molecule has 0 aromatic heterocycles. The smallest absolute Gasteiger partial charge is 0.147 e. The van der Waals surface area contributed by atoms with E-state index in [-0.39, 0.29) is 30.4 Å². The number of allylic oxidation sites excluding steroid dienone is 4. The molecule has 2 rings (SSSR count). The Morgan fingerprint density at radius 1 is 1.14 bits per heavy atom. The Kier molecular flexibility index (Phi) is 8.35. The molecule has 115 valence electrons. The molecule has 0 amide bonds. The molecule has 1 aromatic carbocycles. The summed E-state index contributed by atoms with van der Waals surface area (Å²) in [6.07, 6.45) is 5.59. The zero-order valence-corrected chi connectivity index (χ0v) is 16.2. The molecule has 1 atom stereocenters. The molecule has 0 bridgehead atoms. The number of halogens is 2. The average Bonchev–Trinajstić information content (AvgIpc) is 2.73. The van der Waals surface area contributed by atoms with Crippen LogP contribution in [-0.4, -0.2) is 5.60 Å². The van der Waals surface area contributed by atoms with Gasteiger partial charge in [0.2, 0.25) is 0 Å². The molecule has 0 N–H and O–H groups in total. The van der Waals surface area contributed by atoms with Crippen molar-refractivity contribution in [3.05, 3.63) is 51.4 Å². The molecule has 0 fully saturated rings. The predicted molar refractivity (Wildman–Crippen MR) is 90.5 cm³/mol. The van der Waals surface area contributed by atoms with Gasteiger partial charge in [-0.05, 0) is 0 Å². The van der Waals surface area contributed by atoms with E-state index in [1.165, 1.54) is 15.0 Å². The summed E-state index contributed by atoms with van der Waals surface area (Å²) in [6.45, 7) is 8.54. The van der Waals surface area contributed by atoms with E-state index in [0.29, 0.717) is 5.92 Å². The van der Waals surface area contributed by atoms with Crippen LogP contribution in [0.3, 0.4) is 0 Å². The molecule has 1 aromatic rings. The maximum Gasteiger partial charge on any atom is -0.147 e. The zero-order chi connectivity index (χ0) is 14.0. The van der Waals surface area contributed by atoms with Crippen molar-refractivity contribution in [2.75, 3.05) is 0 Å². The maximum absolute atomic E-state index is 6.10. The van der Waals surface area contributed by atoms with Gasteiger partial charge in [-0.2, -0.15) is 0 Å². The van der Waals surface area contributed by atoms with E-state index in [0.717, 1.165) is 12.2 Å². The second-order valence-electron chi connectivity index (χ2n) is 6.01. The van der Waals surface area contributed by atoms with E-state index < -0.39 is 0 Å². The molecule has 0 saturated heterocycles. The van der Waals surface area contributed by atoms with Crippen LogP contribution in [0.25, 0.3) is 0 Å². The molecule has 1 nitrogen and oxygen atoms in total. The van der Waals surface area contributed by atoms with Crippen LogP contribution in [0.5, 0.6) is 5.75 Å². The average molecular weight is 362 g/mol. The molecule has 4 heteroatoms. The third-order valence-corrected chi connectivity index (χ3v) is 4.01. The van der Waals surface area contributed by atoms with Gasteiger partial charge >= 0.3 is 128 Å². The van der Waals surface area contributed by atoms with E-state index in [2.05, 4.69) is 78.5 Å². The van der Waals surface area contributed by atoms with Crippen LogP contribution in [-0.2, 0) is 20.4 Å². The fourth-order valence-electron chi connectivity index (χ4n) is 2.36. The fraction of sp³-hybridized carbons (Fsp3) is 0.412. The van der Waals surface area contributed by atoms with Gasteiger partial charge in [0, 0.05) is 0 Å². The predicted octanol–water partition coefficient (Wildman–Crippen LogP) is 5.57. The van der Waals surface area contributed by atoms with Crippen LogP contribution < -0.4 is 4.74 Å². The van der Waals surface area contributed by atoms with E-state index in [1.54, 1.807) is 0 Å². The summed E-state index contributed by atoms with van der Waals surface area (Å²) in [5.41, 5.74) is 2.55. The fourth-order valence-corrected chi connectivity index (χ4v) is 3.01. The van der Waals surface area contributed by atoms with Crippen molar-refractivity contribution >= 4 is 24.8 Å². The summed E-state index contributed by atoms with van der Waals surface area (Å²) in [4.78, 5) is 0. The molecular formula is C17H23Cl2OTi. The van der Waals surface area contributed by atoms with Crippen LogP contribution in [0, 0.1) is 0 Å². The van der Waals surface area contributed by atoms with E-state index in [9.17, 15) is 0 Å². The van der Waals surface area contributed by atoms with Crippen molar-refractivity contribution in [2.24, 2.45) is 0 Å². The van der Waals surface area contributed by atoms with Gasteiger partial charge in [-0.1, -0.05) is 0 Å². The summed E-state index contributed by atoms with van der Waals surface area (Å²) in [5, 5.41) is 0. The van der Waals surface area contributed by atoms with Crippen LogP contribution in [0.2, 0.25) is 0 Å². The first-order chi connectivity index (χ1) is 8.88. The van der Waals surface area contributed by atoms with E-state index >= 15 is 0 Å². The first-order valence-corrected chi connectivity index (χ1v) is 7.55. The number of ether oxygens (including phenoxy) is 1. The number of hydrogen-bond donors (Lipinski definition) is 0. The summed E-state index contributed by atoms with van der Waals surface area (Å²) < 4.78 is 7.57. The Morgan fingerprint density at radius 3 is 2.29 bits per heavy atom. The Morgan fingerprint density at radius 2 is 1.76 bits per heavy atom. The van der Waals surface area contributed by atoms with Crippen molar-refractivity contribution in [1.82, 2.24) is 0 Å². The van der Waals surface area contributed by atoms with Crippen molar-refractivity contribution in [1.29, 1.82) is 0 Å².